The second kappa shape index (κ2) is 8.34. The Morgan fingerprint density at radius 1 is 1.58 bits per heavy atom. The Bertz CT molecular complexity index is 139. The van der Waals surface area contributed by atoms with Gasteiger partial charge in [-0.15, -0.1) is 0 Å². The van der Waals surface area contributed by atoms with Crippen LogP contribution in [0, 0.1) is 0 Å². The van der Waals surface area contributed by atoms with Gasteiger partial charge in [0.05, 0.1) is 6.61 Å². The van der Waals surface area contributed by atoms with E-state index in [9.17, 15) is 0 Å². The van der Waals surface area contributed by atoms with Crippen LogP contribution in [0.4, 0.5) is 0 Å². The van der Waals surface area contributed by atoms with Crippen LogP contribution in [0.3, 0.4) is 0 Å². The smallest absolute Gasteiger partial charge is 0.114 e. The minimum Gasteiger partial charge on any atom is -0.492 e. The maximum atomic E-state index is 8.50. The standard InChI is InChI=1S/C10H18O2/c1-3-5-6-7-10(4-2)12-9-8-11/h4,7,11H,2-3,5-6,8-9H2,1H3. The van der Waals surface area contributed by atoms with Gasteiger partial charge in [-0.1, -0.05) is 19.9 Å². The molecule has 0 aliphatic heterocycles. The maximum Gasteiger partial charge on any atom is 0.114 e. The zero-order valence-corrected chi connectivity index (χ0v) is 7.75. The summed E-state index contributed by atoms with van der Waals surface area (Å²) in [4.78, 5) is 0. The summed E-state index contributed by atoms with van der Waals surface area (Å²) < 4.78 is 5.18. The molecule has 0 fully saturated rings. The molecule has 0 radical (unpaired) electrons. The Morgan fingerprint density at radius 2 is 2.33 bits per heavy atom. The fourth-order valence-corrected chi connectivity index (χ4v) is 0.813. The molecular weight excluding hydrogens is 152 g/mol. The predicted octanol–water partition coefficient (Wildman–Crippen LogP) is 2.26. The van der Waals surface area contributed by atoms with Crippen molar-refractivity contribution in [3.05, 3.63) is 24.5 Å². The van der Waals surface area contributed by atoms with Gasteiger partial charge in [0.2, 0.25) is 0 Å². The van der Waals surface area contributed by atoms with Crippen molar-refractivity contribution in [3.63, 3.8) is 0 Å². The molecule has 0 aliphatic rings. The first-order valence-electron chi connectivity index (χ1n) is 4.41. The topological polar surface area (TPSA) is 29.5 Å². The number of unbranched alkanes of at least 4 members (excludes halogenated alkanes) is 2. The van der Waals surface area contributed by atoms with Crippen LogP contribution in [0.2, 0.25) is 0 Å². The van der Waals surface area contributed by atoms with E-state index in [1.165, 1.54) is 12.8 Å². The quantitative estimate of drug-likeness (QED) is 0.361. The molecule has 2 nitrogen and oxygen atoms in total. The van der Waals surface area contributed by atoms with Crippen molar-refractivity contribution in [2.24, 2.45) is 0 Å². The molecule has 0 aromatic heterocycles. The first-order valence-corrected chi connectivity index (χ1v) is 4.41. The van der Waals surface area contributed by atoms with Gasteiger partial charge in [-0.05, 0) is 25.0 Å². The molecule has 12 heavy (non-hydrogen) atoms. The van der Waals surface area contributed by atoms with Crippen molar-refractivity contribution in [3.8, 4) is 0 Å². The molecule has 0 aliphatic carbocycles. The van der Waals surface area contributed by atoms with Crippen molar-refractivity contribution in [1.29, 1.82) is 0 Å². The number of aliphatic hydroxyl groups excluding tert-OH is 1. The van der Waals surface area contributed by atoms with E-state index in [-0.39, 0.29) is 6.61 Å². The molecule has 0 rings (SSSR count). The molecule has 70 valence electrons. The van der Waals surface area contributed by atoms with Gasteiger partial charge in [0.1, 0.15) is 12.4 Å². The van der Waals surface area contributed by atoms with Gasteiger partial charge in [0.25, 0.3) is 0 Å². The van der Waals surface area contributed by atoms with Gasteiger partial charge in [0, 0.05) is 0 Å². The average molecular weight is 170 g/mol. The third-order valence-electron chi connectivity index (χ3n) is 1.46. The third-order valence-corrected chi connectivity index (χ3v) is 1.46. The second-order valence-corrected chi connectivity index (χ2v) is 2.52. The fraction of sp³-hybridized carbons (Fsp3) is 0.600. The maximum absolute atomic E-state index is 8.50. The van der Waals surface area contributed by atoms with Crippen LogP contribution in [0.5, 0.6) is 0 Å². The van der Waals surface area contributed by atoms with E-state index in [0.29, 0.717) is 6.61 Å². The van der Waals surface area contributed by atoms with Crippen molar-refractivity contribution >= 4 is 0 Å². The van der Waals surface area contributed by atoms with Gasteiger partial charge in [0.15, 0.2) is 0 Å². The van der Waals surface area contributed by atoms with E-state index in [1.807, 2.05) is 6.08 Å². The molecule has 0 aromatic rings. The van der Waals surface area contributed by atoms with E-state index in [2.05, 4.69) is 13.5 Å². The van der Waals surface area contributed by atoms with Gasteiger partial charge >= 0.3 is 0 Å². The van der Waals surface area contributed by atoms with Gasteiger partial charge in [-0.3, -0.25) is 0 Å². The van der Waals surface area contributed by atoms with Crippen LogP contribution in [0.1, 0.15) is 26.2 Å². The number of aliphatic hydroxyl groups is 1. The highest BCUT2D eigenvalue weighted by Crippen LogP contribution is 2.03. The summed E-state index contributed by atoms with van der Waals surface area (Å²) in [6.07, 6.45) is 7.04. The Balaban J connectivity index is 3.62. The Morgan fingerprint density at radius 3 is 2.83 bits per heavy atom. The lowest BCUT2D eigenvalue weighted by Crippen LogP contribution is -1.97. The minimum absolute atomic E-state index is 0.0545. The van der Waals surface area contributed by atoms with Crippen molar-refractivity contribution in [1.82, 2.24) is 0 Å². The van der Waals surface area contributed by atoms with E-state index in [1.54, 1.807) is 6.08 Å². The first-order chi connectivity index (χ1) is 5.85. The summed E-state index contributed by atoms with van der Waals surface area (Å²) >= 11 is 0. The molecule has 0 atom stereocenters. The summed E-state index contributed by atoms with van der Waals surface area (Å²) in [6.45, 7) is 6.17. The van der Waals surface area contributed by atoms with Crippen LogP contribution < -0.4 is 0 Å². The number of rotatable bonds is 7. The molecule has 0 spiro atoms. The Labute approximate surface area is 74.6 Å². The monoisotopic (exact) mass is 170 g/mol. The SMILES string of the molecule is C=CC(=CCCCC)OCCO. The largest absolute Gasteiger partial charge is 0.492 e. The van der Waals surface area contributed by atoms with E-state index >= 15 is 0 Å². The summed E-state index contributed by atoms with van der Waals surface area (Å²) in [6, 6.07) is 0. The molecule has 2 heteroatoms. The number of hydrogen-bond donors (Lipinski definition) is 1. The first kappa shape index (κ1) is 11.2. The molecule has 0 saturated heterocycles. The van der Waals surface area contributed by atoms with Crippen LogP contribution in [0.15, 0.2) is 24.5 Å². The molecule has 1 N–H and O–H groups in total. The highest BCUT2D eigenvalue weighted by molar-refractivity contribution is 5.08. The molecule has 0 amide bonds. The number of ether oxygens (including phenoxy) is 1. The van der Waals surface area contributed by atoms with Crippen molar-refractivity contribution < 1.29 is 9.84 Å². The predicted molar refractivity (Wildman–Crippen MR) is 50.8 cm³/mol. The van der Waals surface area contributed by atoms with Crippen molar-refractivity contribution in [2.75, 3.05) is 13.2 Å². The Hall–Kier alpha value is -0.760. The fourth-order valence-electron chi connectivity index (χ4n) is 0.813. The summed E-state index contributed by atoms with van der Waals surface area (Å²) in [7, 11) is 0. The molecule has 0 heterocycles. The van der Waals surface area contributed by atoms with E-state index < -0.39 is 0 Å². The molecule has 0 aromatic carbocycles. The van der Waals surface area contributed by atoms with Crippen LogP contribution in [-0.2, 0) is 4.74 Å². The van der Waals surface area contributed by atoms with Crippen LogP contribution in [-0.4, -0.2) is 18.3 Å². The van der Waals surface area contributed by atoms with Crippen LogP contribution in [0.25, 0.3) is 0 Å². The minimum atomic E-state index is 0.0545. The number of allylic oxidation sites excluding steroid dienone is 2. The van der Waals surface area contributed by atoms with Gasteiger partial charge < -0.3 is 9.84 Å². The summed E-state index contributed by atoms with van der Waals surface area (Å²) in [5.74, 6) is 0.775. The highest BCUT2D eigenvalue weighted by Gasteiger charge is 1.90. The van der Waals surface area contributed by atoms with E-state index in [4.69, 9.17) is 9.84 Å². The lowest BCUT2D eigenvalue weighted by Gasteiger charge is -2.03. The highest BCUT2D eigenvalue weighted by atomic mass is 16.5. The van der Waals surface area contributed by atoms with Crippen LogP contribution >= 0.6 is 0 Å². The van der Waals surface area contributed by atoms with E-state index in [0.717, 1.165) is 12.2 Å². The second-order valence-electron chi connectivity index (χ2n) is 2.52. The molecule has 0 saturated carbocycles. The Kier molecular flexibility index (Phi) is 7.81. The van der Waals surface area contributed by atoms with Gasteiger partial charge in [-0.25, -0.2) is 0 Å². The van der Waals surface area contributed by atoms with Crippen molar-refractivity contribution in [2.45, 2.75) is 26.2 Å². The summed E-state index contributed by atoms with van der Waals surface area (Å²) in [5, 5.41) is 8.50. The normalized spacial score (nSPS) is 11.3. The van der Waals surface area contributed by atoms with Gasteiger partial charge in [-0.2, -0.15) is 0 Å². The molecular formula is C10H18O2. The molecule has 0 bridgehead atoms. The lowest BCUT2D eigenvalue weighted by molar-refractivity contribution is 0.151. The third kappa shape index (κ3) is 5.98. The average Bonchev–Trinajstić information content (AvgIpc) is 2.11. The number of hydrogen-bond acceptors (Lipinski definition) is 2. The lowest BCUT2D eigenvalue weighted by atomic mass is 10.2. The summed E-state index contributed by atoms with van der Waals surface area (Å²) in [5.41, 5.74) is 0. The zero-order valence-electron chi connectivity index (χ0n) is 7.75. The molecule has 0 unspecified atom stereocenters. The zero-order chi connectivity index (χ0) is 9.23.